The van der Waals surface area contributed by atoms with Crippen LogP contribution in [-0.2, 0) is 28.1 Å². The topological polar surface area (TPSA) is 88.2 Å². The van der Waals surface area contributed by atoms with E-state index in [9.17, 15) is 14.4 Å². The Kier molecular flexibility index (Phi) is 6.26. The van der Waals surface area contributed by atoms with Crippen LogP contribution in [0.1, 0.15) is 36.5 Å². The first-order valence-electron chi connectivity index (χ1n) is 11.1. The standard InChI is InChI=1S/C25H29N3O5/c1-4-27(15-17-11-12-20(32-2)21(14-17)33-3)22(29)16-28-23(30)25(26-24(28)31)13-7-9-18-8-5-6-10-19(18)25/h5-6,8,10-12,14H,4,7,9,13,15-16H2,1-3H3,(H,26,31). The van der Waals surface area contributed by atoms with Crippen molar-refractivity contribution in [2.24, 2.45) is 0 Å². The Morgan fingerprint density at radius 2 is 1.88 bits per heavy atom. The molecular weight excluding hydrogens is 422 g/mol. The number of carbonyl (C=O) groups is 3. The molecule has 174 valence electrons. The molecule has 33 heavy (non-hydrogen) atoms. The number of fused-ring (bicyclic) bond motifs is 2. The van der Waals surface area contributed by atoms with Crippen molar-refractivity contribution in [2.45, 2.75) is 38.3 Å². The molecule has 1 fully saturated rings. The normalized spacial score (nSPS) is 19.3. The second-order valence-electron chi connectivity index (χ2n) is 8.33. The van der Waals surface area contributed by atoms with Crippen LogP contribution in [0.3, 0.4) is 0 Å². The summed E-state index contributed by atoms with van der Waals surface area (Å²) in [6.45, 7) is 2.33. The number of methoxy groups -OCH3 is 2. The van der Waals surface area contributed by atoms with Gasteiger partial charge in [-0.3, -0.25) is 14.5 Å². The molecule has 4 amide bonds. The van der Waals surface area contributed by atoms with Crippen LogP contribution in [0.15, 0.2) is 42.5 Å². The van der Waals surface area contributed by atoms with Gasteiger partial charge in [-0.25, -0.2) is 4.79 Å². The van der Waals surface area contributed by atoms with Gasteiger partial charge >= 0.3 is 6.03 Å². The van der Waals surface area contributed by atoms with Crippen molar-refractivity contribution in [1.29, 1.82) is 0 Å². The second-order valence-corrected chi connectivity index (χ2v) is 8.33. The number of imide groups is 1. The molecule has 1 saturated heterocycles. The van der Waals surface area contributed by atoms with E-state index >= 15 is 0 Å². The lowest BCUT2D eigenvalue weighted by atomic mass is 9.76. The summed E-state index contributed by atoms with van der Waals surface area (Å²) in [7, 11) is 3.12. The zero-order chi connectivity index (χ0) is 23.6. The van der Waals surface area contributed by atoms with E-state index in [2.05, 4.69) is 5.32 Å². The van der Waals surface area contributed by atoms with Gasteiger partial charge in [-0.05, 0) is 55.0 Å². The molecule has 1 heterocycles. The lowest BCUT2D eigenvalue weighted by Gasteiger charge is -2.33. The number of nitrogens with one attached hydrogen (secondary N) is 1. The van der Waals surface area contributed by atoms with Crippen molar-refractivity contribution < 1.29 is 23.9 Å². The van der Waals surface area contributed by atoms with Gasteiger partial charge in [-0.15, -0.1) is 0 Å². The lowest BCUT2D eigenvalue weighted by molar-refractivity contribution is -0.139. The van der Waals surface area contributed by atoms with Crippen LogP contribution in [0, 0.1) is 0 Å². The van der Waals surface area contributed by atoms with Crippen LogP contribution in [0.4, 0.5) is 4.79 Å². The predicted octanol–water partition coefficient (Wildman–Crippen LogP) is 2.84. The highest BCUT2D eigenvalue weighted by molar-refractivity contribution is 6.09. The van der Waals surface area contributed by atoms with Gasteiger partial charge in [0.2, 0.25) is 5.91 Å². The van der Waals surface area contributed by atoms with Crippen LogP contribution < -0.4 is 14.8 Å². The molecule has 8 nitrogen and oxygen atoms in total. The minimum absolute atomic E-state index is 0.295. The summed E-state index contributed by atoms with van der Waals surface area (Å²) in [4.78, 5) is 42.1. The summed E-state index contributed by atoms with van der Waals surface area (Å²) < 4.78 is 10.6. The third-order valence-electron chi connectivity index (χ3n) is 6.50. The molecular formula is C25H29N3O5. The first-order chi connectivity index (χ1) is 15.9. The van der Waals surface area contributed by atoms with E-state index in [-0.39, 0.29) is 18.4 Å². The van der Waals surface area contributed by atoms with E-state index in [1.807, 2.05) is 43.3 Å². The van der Waals surface area contributed by atoms with E-state index < -0.39 is 11.6 Å². The van der Waals surface area contributed by atoms with Crippen LogP contribution in [0.2, 0.25) is 0 Å². The molecule has 2 aliphatic rings. The Morgan fingerprint density at radius 1 is 1.12 bits per heavy atom. The summed E-state index contributed by atoms with van der Waals surface area (Å²) in [5.74, 6) is 0.533. The number of hydrogen-bond donors (Lipinski definition) is 1. The van der Waals surface area contributed by atoms with Gasteiger partial charge < -0.3 is 19.7 Å². The van der Waals surface area contributed by atoms with Crippen LogP contribution in [0.25, 0.3) is 0 Å². The maximum absolute atomic E-state index is 13.5. The number of hydrogen-bond acceptors (Lipinski definition) is 5. The molecule has 0 saturated carbocycles. The fourth-order valence-corrected chi connectivity index (χ4v) is 4.77. The lowest BCUT2D eigenvalue weighted by Crippen LogP contribution is -2.47. The zero-order valence-electron chi connectivity index (χ0n) is 19.2. The number of amides is 4. The molecule has 1 N–H and O–H groups in total. The smallest absolute Gasteiger partial charge is 0.325 e. The quantitative estimate of drug-likeness (QED) is 0.654. The van der Waals surface area contributed by atoms with Crippen LogP contribution in [-0.4, -0.2) is 55.0 Å². The fraction of sp³-hybridized carbons (Fsp3) is 0.400. The molecule has 2 aromatic rings. The third-order valence-corrected chi connectivity index (χ3v) is 6.50. The summed E-state index contributed by atoms with van der Waals surface area (Å²) >= 11 is 0. The van der Waals surface area contributed by atoms with Crippen molar-refractivity contribution in [2.75, 3.05) is 27.3 Å². The number of rotatable bonds is 7. The third kappa shape index (κ3) is 4.01. The van der Waals surface area contributed by atoms with Crippen molar-refractivity contribution in [3.05, 3.63) is 59.2 Å². The minimum atomic E-state index is -1.08. The number of urea groups is 1. The molecule has 1 aliphatic carbocycles. The number of nitrogens with zero attached hydrogens (tertiary/aromatic N) is 2. The van der Waals surface area contributed by atoms with Crippen molar-refractivity contribution >= 4 is 17.8 Å². The molecule has 1 atom stereocenters. The van der Waals surface area contributed by atoms with Crippen LogP contribution in [0.5, 0.6) is 11.5 Å². The maximum atomic E-state index is 13.5. The van der Waals surface area contributed by atoms with Gasteiger partial charge in [0, 0.05) is 13.1 Å². The highest BCUT2D eigenvalue weighted by atomic mass is 16.5. The van der Waals surface area contributed by atoms with E-state index in [1.54, 1.807) is 25.2 Å². The van der Waals surface area contributed by atoms with Crippen molar-refractivity contribution in [3.8, 4) is 11.5 Å². The largest absolute Gasteiger partial charge is 0.493 e. The molecule has 8 heteroatoms. The molecule has 2 aromatic carbocycles. The maximum Gasteiger partial charge on any atom is 0.325 e. The summed E-state index contributed by atoms with van der Waals surface area (Å²) in [5.41, 5.74) is 1.68. The Bertz CT molecular complexity index is 1090. The average molecular weight is 452 g/mol. The molecule has 0 bridgehead atoms. The highest BCUT2D eigenvalue weighted by Gasteiger charge is 2.54. The van der Waals surface area contributed by atoms with E-state index in [0.29, 0.717) is 31.0 Å². The molecule has 0 radical (unpaired) electrons. The Balaban J connectivity index is 1.51. The van der Waals surface area contributed by atoms with Gasteiger partial charge in [0.15, 0.2) is 11.5 Å². The Labute approximate surface area is 193 Å². The van der Waals surface area contributed by atoms with Gasteiger partial charge in [0.25, 0.3) is 5.91 Å². The average Bonchev–Trinajstić information content (AvgIpc) is 3.07. The summed E-state index contributed by atoms with van der Waals surface area (Å²) in [5, 5.41) is 2.90. The van der Waals surface area contributed by atoms with Crippen molar-refractivity contribution in [3.63, 3.8) is 0 Å². The number of carbonyl (C=O) groups excluding carboxylic acids is 3. The van der Waals surface area contributed by atoms with E-state index in [0.717, 1.165) is 34.4 Å². The zero-order valence-corrected chi connectivity index (χ0v) is 19.2. The Hall–Kier alpha value is -3.55. The molecule has 0 aromatic heterocycles. The second kappa shape index (κ2) is 9.13. The first-order valence-corrected chi connectivity index (χ1v) is 11.1. The van der Waals surface area contributed by atoms with Crippen LogP contribution >= 0.6 is 0 Å². The monoisotopic (exact) mass is 451 g/mol. The van der Waals surface area contributed by atoms with Gasteiger partial charge in [0.05, 0.1) is 14.2 Å². The molecule has 4 rings (SSSR count). The van der Waals surface area contributed by atoms with Gasteiger partial charge in [-0.1, -0.05) is 30.3 Å². The molecule has 1 unspecified atom stereocenters. The summed E-state index contributed by atoms with van der Waals surface area (Å²) in [6.07, 6.45) is 2.20. The number of aryl methyl sites for hydroxylation is 1. The number of ether oxygens (including phenoxy) is 2. The minimum Gasteiger partial charge on any atom is -0.493 e. The number of likely N-dealkylation sites (N-methyl/N-ethyl adjacent to an activating group) is 1. The number of benzene rings is 2. The summed E-state index contributed by atoms with van der Waals surface area (Å²) in [6, 6.07) is 12.6. The van der Waals surface area contributed by atoms with Crippen molar-refractivity contribution in [1.82, 2.24) is 15.1 Å². The fourth-order valence-electron chi connectivity index (χ4n) is 4.77. The molecule has 1 aliphatic heterocycles. The van der Waals surface area contributed by atoms with E-state index in [1.165, 1.54) is 0 Å². The highest BCUT2D eigenvalue weighted by Crippen LogP contribution is 2.39. The Morgan fingerprint density at radius 3 is 2.61 bits per heavy atom. The van der Waals surface area contributed by atoms with Gasteiger partial charge in [0.1, 0.15) is 12.1 Å². The van der Waals surface area contributed by atoms with Gasteiger partial charge in [-0.2, -0.15) is 0 Å². The van der Waals surface area contributed by atoms with E-state index in [4.69, 9.17) is 9.47 Å². The predicted molar refractivity (Wildman–Crippen MR) is 122 cm³/mol. The SMILES string of the molecule is CCN(Cc1ccc(OC)c(OC)c1)C(=O)CN1C(=O)NC2(CCCc3ccccc32)C1=O. The molecule has 1 spiro atoms. The first kappa shape index (κ1) is 22.6.